The summed E-state index contributed by atoms with van der Waals surface area (Å²) >= 11 is 1.56. The lowest BCUT2D eigenvalue weighted by Gasteiger charge is -2.34. The average molecular weight is 542 g/mol. The van der Waals surface area contributed by atoms with Crippen molar-refractivity contribution in [1.82, 2.24) is 10.2 Å². The summed E-state index contributed by atoms with van der Waals surface area (Å²) in [6.45, 7) is 11.2. The second-order valence-electron chi connectivity index (χ2n) is 9.60. The Kier molecular flexibility index (Phi) is 11.7. The van der Waals surface area contributed by atoms with Crippen molar-refractivity contribution in [3.8, 4) is 5.75 Å². The van der Waals surface area contributed by atoms with E-state index in [1.165, 1.54) is 4.90 Å². The van der Waals surface area contributed by atoms with Gasteiger partial charge in [-0.2, -0.15) is 11.8 Å². The molecule has 8 nitrogen and oxygen atoms in total. The number of thioether (sulfide) groups is 1. The molecule has 2 atom stereocenters. The molecule has 0 aliphatic carbocycles. The number of amides is 3. The summed E-state index contributed by atoms with van der Waals surface area (Å²) in [5.41, 5.74) is 1.30. The molecular formula is C29H39N3O5S. The van der Waals surface area contributed by atoms with E-state index in [2.05, 4.69) is 17.2 Å². The van der Waals surface area contributed by atoms with Gasteiger partial charge in [-0.15, -0.1) is 0 Å². The summed E-state index contributed by atoms with van der Waals surface area (Å²) in [6, 6.07) is 12.5. The number of ether oxygens (including phenoxy) is 2. The lowest BCUT2D eigenvalue weighted by atomic mass is 10.00. The number of alkyl carbamates (subject to hydrolysis) is 1. The fourth-order valence-corrected chi connectivity index (χ4v) is 4.29. The number of carbonyl (C=O) groups excluding carboxylic acids is 3. The van der Waals surface area contributed by atoms with E-state index in [9.17, 15) is 14.4 Å². The van der Waals surface area contributed by atoms with Crippen LogP contribution in [0.25, 0.3) is 6.08 Å². The fraction of sp³-hybridized carbons (Fsp3) is 0.414. The lowest BCUT2D eigenvalue weighted by molar-refractivity contribution is -0.140. The number of rotatable bonds is 12. The Hall–Kier alpha value is -3.46. The molecule has 0 aliphatic rings. The van der Waals surface area contributed by atoms with Crippen LogP contribution >= 0.6 is 11.8 Å². The van der Waals surface area contributed by atoms with E-state index < -0.39 is 23.8 Å². The Morgan fingerprint density at radius 1 is 1.13 bits per heavy atom. The second-order valence-corrected chi connectivity index (χ2v) is 10.6. The number of hydrogen-bond donors (Lipinski definition) is 2. The van der Waals surface area contributed by atoms with Gasteiger partial charge in [-0.3, -0.25) is 9.59 Å². The van der Waals surface area contributed by atoms with Gasteiger partial charge in [-0.25, -0.2) is 4.79 Å². The number of benzene rings is 2. The first-order valence-corrected chi connectivity index (χ1v) is 13.9. The van der Waals surface area contributed by atoms with Crippen LogP contribution in [-0.4, -0.2) is 60.1 Å². The van der Waals surface area contributed by atoms with Crippen LogP contribution in [0.1, 0.15) is 51.3 Å². The van der Waals surface area contributed by atoms with E-state index in [0.29, 0.717) is 29.2 Å². The quantitative estimate of drug-likeness (QED) is 0.368. The molecule has 0 fully saturated rings. The molecule has 38 heavy (non-hydrogen) atoms. The number of anilines is 1. The highest BCUT2D eigenvalue weighted by Crippen LogP contribution is 2.26. The molecule has 0 saturated heterocycles. The third-order valence-electron chi connectivity index (χ3n) is 5.60. The van der Waals surface area contributed by atoms with E-state index in [1.54, 1.807) is 76.1 Å². The Labute approximate surface area is 230 Å². The Bertz CT molecular complexity index is 1100. The van der Waals surface area contributed by atoms with Crippen LogP contribution in [0, 0.1) is 0 Å². The number of methoxy groups -OCH3 is 1. The highest BCUT2D eigenvalue weighted by Gasteiger charge is 2.35. The van der Waals surface area contributed by atoms with Crippen molar-refractivity contribution in [2.24, 2.45) is 0 Å². The molecule has 2 aromatic carbocycles. The van der Waals surface area contributed by atoms with Crippen LogP contribution in [0.3, 0.4) is 0 Å². The van der Waals surface area contributed by atoms with Crippen molar-refractivity contribution in [3.05, 3.63) is 66.2 Å². The third kappa shape index (κ3) is 9.13. The summed E-state index contributed by atoms with van der Waals surface area (Å²) in [5.74, 6) is 0.547. The van der Waals surface area contributed by atoms with Gasteiger partial charge in [-0.05, 0) is 87.6 Å². The molecule has 2 rings (SSSR count). The van der Waals surface area contributed by atoms with Crippen LogP contribution in [0.2, 0.25) is 0 Å². The summed E-state index contributed by atoms with van der Waals surface area (Å²) in [6.07, 6.45) is 3.32. The van der Waals surface area contributed by atoms with E-state index >= 15 is 0 Å². The normalized spacial score (nSPS) is 12.6. The zero-order valence-corrected chi connectivity index (χ0v) is 23.9. The van der Waals surface area contributed by atoms with Crippen LogP contribution < -0.4 is 15.4 Å². The fourth-order valence-electron chi connectivity index (χ4n) is 3.82. The smallest absolute Gasteiger partial charge is 0.408 e. The topological polar surface area (TPSA) is 97.0 Å². The molecule has 2 unspecified atom stereocenters. The molecule has 0 spiro atoms. The van der Waals surface area contributed by atoms with Crippen molar-refractivity contribution in [2.45, 2.75) is 51.8 Å². The van der Waals surface area contributed by atoms with Gasteiger partial charge in [0.1, 0.15) is 23.4 Å². The van der Waals surface area contributed by atoms with Crippen molar-refractivity contribution in [1.29, 1.82) is 0 Å². The number of carbonyl (C=O) groups is 3. The summed E-state index contributed by atoms with van der Waals surface area (Å²) in [7, 11) is 1.57. The van der Waals surface area contributed by atoms with Gasteiger partial charge in [0.15, 0.2) is 0 Å². The van der Waals surface area contributed by atoms with Crippen LogP contribution in [-0.2, 0) is 14.3 Å². The first-order chi connectivity index (χ1) is 18.0. The van der Waals surface area contributed by atoms with E-state index in [4.69, 9.17) is 9.47 Å². The zero-order chi connectivity index (χ0) is 28.3. The van der Waals surface area contributed by atoms with Gasteiger partial charge in [-0.1, -0.05) is 30.9 Å². The van der Waals surface area contributed by atoms with Crippen molar-refractivity contribution in [2.75, 3.05) is 31.0 Å². The summed E-state index contributed by atoms with van der Waals surface area (Å²) < 4.78 is 10.6. The lowest BCUT2D eigenvalue weighted by Crippen LogP contribution is -2.52. The monoisotopic (exact) mass is 541 g/mol. The molecule has 206 valence electrons. The van der Waals surface area contributed by atoms with Crippen LogP contribution in [0.5, 0.6) is 5.75 Å². The first kappa shape index (κ1) is 30.8. The first-order valence-electron chi connectivity index (χ1n) is 12.5. The maximum absolute atomic E-state index is 13.9. The molecule has 2 N–H and O–H groups in total. The molecule has 2 aromatic rings. The molecule has 9 heteroatoms. The third-order valence-corrected chi connectivity index (χ3v) is 6.25. The van der Waals surface area contributed by atoms with Gasteiger partial charge >= 0.3 is 6.09 Å². The largest absolute Gasteiger partial charge is 0.497 e. The SMILES string of the molecule is C=Cc1cccc(C(C(=O)Nc2ccc(OC)cc2)N(CC)C(=O)C(CCSC)NC(=O)OC(C)(C)C)c1. The molecule has 0 bridgehead atoms. The molecule has 0 aromatic heterocycles. The highest BCUT2D eigenvalue weighted by molar-refractivity contribution is 7.98. The van der Waals surface area contributed by atoms with E-state index in [0.717, 1.165) is 5.56 Å². The summed E-state index contributed by atoms with van der Waals surface area (Å²) in [5, 5.41) is 5.65. The van der Waals surface area contributed by atoms with Gasteiger partial charge in [0.25, 0.3) is 5.91 Å². The van der Waals surface area contributed by atoms with Crippen molar-refractivity contribution >= 4 is 41.4 Å². The van der Waals surface area contributed by atoms with Gasteiger partial charge < -0.3 is 25.0 Å². The van der Waals surface area contributed by atoms with Crippen molar-refractivity contribution in [3.63, 3.8) is 0 Å². The predicted molar refractivity (Wildman–Crippen MR) is 154 cm³/mol. The Balaban J connectivity index is 2.45. The average Bonchev–Trinajstić information content (AvgIpc) is 2.88. The van der Waals surface area contributed by atoms with Gasteiger partial charge in [0.2, 0.25) is 5.91 Å². The highest BCUT2D eigenvalue weighted by atomic mass is 32.2. The number of nitrogens with one attached hydrogen (secondary N) is 2. The molecule has 0 aliphatic heterocycles. The minimum Gasteiger partial charge on any atom is -0.497 e. The second kappa shape index (κ2) is 14.5. The standard InChI is InChI=1S/C29H39N3O5S/c1-8-20-11-10-12-21(19-20)25(26(33)30-22-13-15-23(36-6)16-14-22)32(9-2)27(34)24(17-18-38-7)31-28(35)37-29(3,4)5/h8,10-16,19,24-25H,1,9,17-18H2,2-7H3,(H,30,33)(H,31,35). The number of likely N-dealkylation sites (N-methyl/N-ethyl adjacent to an activating group) is 1. The molecular weight excluding hydrogens is 502 g/mol. The van der Waals surface area contributed by atoms with Crippen LogP contribution in [0.4, 0.5) is 10.5 Å². The maximum atomic E-state index is 13.9. The molecule has 0 saturated carbocycles. The zero-order valence-electron chi connectivity index (χ0n) is 23.1. The summed E-state index contributed by atoms with van der Waals surface area (Å²) in [4.78, 5) is 41.7. The van der Waals surface area contributed by atoms with E-state index in [1.807, 2.05) is 31.4 Å². The predicted octanol–water partition coefficient (Wildman–Crippen LogP) is 5.51. The van der Waals surface area contributed by atoms with Gasteiger partial charge in [0, 0.05) is 12.2 Å². The Morgan fingerprint density at radius 2 is 1.82 bits per heavy atom. The molecule has 0 radical (unpaired) electrons. The van der Waals surface area contributed by atoms with E-state index in [-0.39, 0.29) is 18.4 Å². The van der Waals surface area contributed by atoms with Crippen molar-refractivity contribution < 1.29 is 23.9 Å². The maximum Gasteiger partial charge on any atom is 0.408 e. The molecule has 3 amide bonds. The number of nitrogens with zero attached hydrogens (tertiary/aromatic N) is 1. The molecule has 0 heterocycles. The number of hydrogen-bond acceptors (Lipinski definition) is 6. The minimum absolute atomic E-state index is 0.240. The minimum atomic E-state index is -0.952. The Morgan fingerprint density at radius 3 is 2.37 bits per heavy atom. The van der Waals surface area contributed by atoms with Gasteiger partial charge in [0.05, 0.1) is 7.11 Å². The van der Waals surface area contributed by atoms with Crippen LogP contribution in [0.15, 0.2) is 55.1 Å².